The summed E-state index contributed by atoms with van der Waals surface area (Å²) in [4.78, 5) is 35.8. The van der Waals surface area contributed by atoms with Crippen molar-refractivity contribution in [2.45, 2.75) is 58.2 Å². The first-order valence-corrected chi connectivity index (χ1v) is 17.3. The molecule has 2 saturated heterocycles. The van der Waals surface area contributed by atoms with E-state index < -0.39 is 11.7 Å². The molecular formula is C36H47FN8O3. The zero-order valence-corrected chi connectivity index (χ0v) is 28.3. The SMILES string of the molecule is CC(C)NC(=O)c1cccc(F)c1Oc1cncnc1N1CC2(CC(Oc3ccnc4c3CN(CCCN3CCN(C)CC3)CC4)C2)C1. The van der Waals surface area contributed by atoms with Crippen molar-refractivity contribution in [1.82, 2.24) is 35.0 Å². The number of benzene rings is 1. The summed E-state index contributed by atoms with van der Waals surface area (Å²) in [5.74, 6) is 0.744. The highest BCUT2D eigenvalue weighted by molar-refractivity contribution is 5.97. The summed E-state index contributed by atoms with van der Waals surface area (Å²) in [6, 6.07) is 6.28. The minimum atomic E-state index is -0.618. The highest BCUT2D eigenvalue weighted by atomic mass is 19.1. The van der Waals surface area contributed by atoms with Crippen LogP contribution in [0, 0.1) is 11.2 Å². The van der Waals surface area contributed by atoms with Gasteiger partial charge in [0.1, 0.15) is 18.2 Å². The molecule has 4 aliphatic rings. The number of halogens is 1. The van der Waals surface area contributed by atoms with Crippen LogP contribution in [0.1, 0.15) is 54.7 Å². The largest absolute Gasteiger partial charge is 0.490 e. The zero-order chi connectivity index (χ0) is 33.3. The number of aromatic nitrogens is 3. The van der Waals surface area contributed by atoms with Crippen LogP contribution in [-0.4, -0.2) is 114 Å². The molecule has 2 aromatic heterocycles. The number of nitrogens with zero attached hydrogens (tertiary/aromatic N) is 7. The van der Waals surface area contributed by atoms with E-state index in [1.165, 1.54) is 55.4 Å². The van der Waals surface area contributed by atoms with Crippen molar-refractivity contribution in [2.24, 2.45) is 5.41 Å². The number of hydrogen-bond acceptors (Lipinski definition) is 10. The van der Waals surface area contributed by atoms with Gasteiger partial charge in [0.05, 0.1) is 11.8 Å². The maximum absolute atomic E-state index is 15.0. The predicted octanol–water partition coefficient (Wildman–Crippen LogP) is 3.98. The van der Waals surface area contributed by atoms with E-state index in [1.54, 1.807) is 6.07 Å². The molecule has 1 N–H and O–H groups in total. The van der Waals surface area contributed by atoms with Gasteiger partial charge in [-0.1, -0.05) is 6.07 Å². The molecule has 0 atom stereocenters. The van der Waals surface area contributed by atoms with Crippen LogP contribution in [0.15, 0.2) is 43.0 Å². The van der Waals surface area contributed by atoms with Gasteiger partial charge >= 0.3 is 0 Å². The van der Waals surface area contributed by atoms with Gasteiger partial charge in [0, 0.05) is 87.7 Å². The molecular weight excluding hydrogens is 611 g/mol. The molecule has 1 aliphatic carbocycles. The number of likely N-dealkylation sites (N-methyl/N-ethyl adjacent to an activating group) is 1. The lowest BCUT2D eigenvalue weighted by Crippen LogP contribution is -2.65. The van der Waals surface area contributed by atoms with Gasteiger partial charge in [-0.2, -0.15) is 0 Å². The summed E-state index contributed by atoms with van der Waals surface area (Å²) in [7, 11) is 2.20. The Morgan fingerprint density at radius 3 is 2.62 bits per heavy atom. The number of piperazine rings is 1. The average Bonchev–Trinajstić information content (AvgIpc) is 3.03. The summed E-state index contributed by atoms with van der Waals surface area (Å²) in [6.07, 6.45) is 9.12. The molecule has 1 saturated carbocycles. The Labute approximate surface area is 282 Å². The Hall–Kier alpha value is -3.87. The molecule has 5 heterocycles. The third kappa shape index (κ3) is 7.11. The first-order chi connectivity index (χ1) is 23.2. The number of para-hydroxylation sites is 1. The number of ether oxygens (including phenoxy) is 2. The third-order valence-corrected chi connectivity index (χ3v) is 10.2. The van der Waals surface area contributed by atoms with Crippen LogP contribution in [0.5, 0.6) is 17.2 Å². The van der Waals surface area contributed by atoms with Crippen molar-refractivity contribution >= 4 is 11.7 Å². The standard InChI is InChI=1S/C36H47FN8O3/c1-25(2)41-35(46)27-6-4-7-29(37)33(27)48-32-20-38-24-40-34(32)45-22-36(23-45)18-26(19-36)47-31-8-10-39-30-9-13-44(21-28(30)31)12-5-11-43-16-14-42(3)15-17-43/h4,6-8,10,20,24-26H,5,9,11-19,21-23H2,1-3H3,(H,41,46). The molecule has 3 fully saturated rings. The van der Waals surface area contributed by atoms with Gasteiger partial charge in [-0.15, -0.1) is 0 Å². The van der Waals surface area contributed by atoms with Gasteiger partial charge in [-0.05, 0) is 71.4 Å². The van der Waals surface area contributed by atoms with Crippen molar-refractivity contribution < 1.29 is 18.7 Å². The molecule has 3 aliphatic heterocycles. The van der Waals surface area contributed by atoms with Crippen LogP contribution in [0.25, 0.3) is 0 Å². The highest BCUT2D eigenvalue weighted by Crippen LogP contribution is 2.52. The van der Waals surface area contributed by atoms with Crippen LogP contribution in [0.3, 0.4) is 0 Å². The van der Waals surface area contributed by atoms with Crippen molar-refractivity contribution in [3.63, 3.8) is 0 Å². The fraction of sp³-hybridized carbons (Fsp3) is 0.556. The molecule has 0 bridgehead atoms. The molecule has 256 valence electrons. The minimum absolute atomic E-state index is 0.0993. The highest BCUT2D eigenvalue weighted by Gasteiger charge is 2.54. The Morgan fingerprint density at radius 1 is 1.04 bits per heavy atom. The zero-order valence-electron chi connectivity index (χ0n) is 28.3. The fourth-order valence-electron chi connectivity index (χ4n) is 7.56. The lowest BCUT2D eigenvalue weighted by Gasteiger charge is -2.59. The number of rotatable bonds is 11. The second kappa shape index (κ2) is 13.9. The number of pyridine rings is 1. The molecule has 0 unspecified atom stereocenters. The van der Waals surface area contributed by atoms with E-state index >= 15 is 0 Å². The smallest absolute Gasteiger partial charge is 0.255 e. The Balaban J connectivity index is 0.932. The number of anilines is 1. The molecule has 1 spiro atoms. The summed E-state index contributed by atoms with van der Waals surface area (Å²) in [5.41, 5.74) is 2.69. The van der Waals surface area contributed by atoms with Crippen LogP contribution in [0.2, 0.25) is 0 Å². The molecule has 11 nitrogen and oxygen atoms in total. The van der Waals surface area contributed by atoms with Crippen LogP contribution in [0.4, 0.5) is 10.2 Å². The summed E-state index contributed by atoms with van der Waals surface area (Å²) < 4.78 is 27.6. The second-order valence-corrected chi connectivity index (χ2v) is 14.3. The normalized spacial score (nSPS) is 19.9. The number of nitrogens with one attached hydrogen (secondary N) is 1. The van der Waals surface area contributed by atoms with Gasteiger partial charge in [0.15, 0.2) is 23.1 Å². The summed E-state index contributed by atoms with van der Waals surface area (Å²) in [6.45, 7) is 14.2. The van der Waals surface area contributed by atoms with E-state index in [0.717, 1.165) is 77.4 Å². The maximum atomic E-state index is 15.0. The van der Waals surface area contributed by atoms with Gasteiger partial charge < -0.3 is 29.5 Å². The Morgan fingerprint density at radius 2 is 1.83 bits per heavy atom. The van der Waals surface area contributed by atoms with Crippen LogP contribution >= 0.6 is 0 Å². The Bertz CT molecular complexity index is 1600. The van der Waals surface area contributed by atoms with E-state index in [0.29, 0.717) is 11.6 Å². The minimum Gasteiger partial charge on any atom is -0.490 e. The Kier molecular flexibility index (Phi) is 9.48. The van der Waals surface area contributed by atoms with E-state index in [9.17, 15) is 9.18 Å². The number of hydrogen-bond donors (Lipinski definition) is 1. The number of carbonyl (C=O) groups is 1. The van der Waals surface area contributed by atoms with E-state index in [-0.39, 0.29) is 28.9 Å². The van der Waals surface area contributed by atoms with Gasteiger partial charge in [0.25, 0.3) is 5.91 Å². The molecule has 1 aromatic carbocycles. The van der Waals surface area contributed by atoms with Gasteiger partial charge in [-0.3, -0.25) is 14.7 Å². The summed E-state index contributed by atoms with van der Waals surface area (Å²) >= 11 is 0. The quantitative estimate of drug-likeness (QED) is 0.326. The van der Waals surface area contributed by atoms with E-state index in [4.69, 9.17) is 14.5 Å². The van der Waals surface area contributed by atoms with Crippen molar-refractivity contribution in [1.29, 1.82) is 0 Å². The lowest BCUT2D eigenvalue weighted by molar-refractivity contribution is -0.0352. The molecule has 0 radical (unpaired) electrons. The molecule has 3 aromatic rings. The van der Waals surface area contributed by atoms with Crippen molar-refractivity contribution in [3.05, 3.63) is 65.6 Å². The van der Waals surface area contributed by atoms with E-state index in [2.05, 4.69) is 41.9 Å². The first-order valence-electron chi connectivity index (χ1n) is 17.3. The maximum Gasteiger partial charge on any atom is 0.255 e. The molecule has 1 amide bonds. The summed E-state index contributed by atoms with van der Waals surface area (Å²) in [5, 5.41) is 2.81. The first kappa shape index (κ1) is 32.7. The van der Waals surface area contributed by atoms with Gasteiger partial charge in [-0.25, -0.2) is 14.4 Å². The number of carbonyl (C=O) groups excluding carboxylic acids is 1. The molecule has 7 rings (SSSR count). The van der Waals surface area contributed by atoms with Gasteiger partial charge in [0.2, 0.25) is 0 Å². The fourth-order valence-corrected chi connectivity index (χ4v) is 7.56. The topological polar surface area (TPSA) is 99.2 Å². The van der Waals surface area contributed by atoms with E-state index in [1.807, 2.05) is 26.1 Å². The second-order valence-electron chi connectivity index (χ2n) is 14.3. The number of fused-ring (bicyclic) bond motifs is 1. The van der Waals surface area contributed by atoms with Crippen LogP contribution in [-0.2, 0) is 13.0 Å². The van der Waals surface area contributed by atoms with Crippen molar-refractivity contribution in [2.75, 3.05) is 70.9 Å². The monoisotopic (exact) mass is 658 g/mol. The predicted molar refractivity (Wildman–Crippen MR) is 181 cm³/mol. The number of amides is 1. The molecule has 48 heavy (non-hydrogen) atoms. The van der Waals surface area contributed by atoms with Crippen LogP contribution < -0.4 is 19.7 Å². The third-order valence-electron chi connectivity index (χ3n) is 10.2. The average molecular weight is 659 g/mol. The lowest BCUT2D eigenvalue weighted by atomic mass is 9.61. The van der Waals surface area contributed by atoms with Crippen molar-refractivity contribution in [3.8, 4) is 17.2 Å². The molecule has 12 heteroatoms.